The van der Waals surface area contributed by atoms with Crippen LogP contribution >= 0.6 is 0 Å². The third kappa shape index (κ3) is 4.71. The first-order chi connectivity index (χ1) is 12.9. The second-order valence-corrected chi connectivity index (χ2v) is 6.08. The fraction of sp³-hybridized carbons (Fsp3) is 0.316. The highest BCUT2D eigenvalue weighted by atomic mass is 19.4. The van der Waals surface area contributed by atoms with Gasteiger partial charge in [0, 0.05) is 6.54 Å². The molecule has 5 nitrogen and oxygen atoms in total. The van der Waals surface area contributed by atoms with Crippen molar-refractivity contribution < 1.29 is 27.4 Å². The molecule has 0 saturated heterocycles. The third-order valence-corrected chi connectivity index (χ3v) is 4.16. The molecule has 1 aliphatic heterocycles. The maximum absolute atomic E-state index is 13.0. The van der Waals surface area contributed by atoms with Crippen molar-refractivity contribution in [3.05, 3.63) is 53.6 Å². The van der Waals surface area contributed by atoms with Crippen LogP contribution in [-0.4, -0.2) is 30.7 Å². The molecule has 1 heterocycles. The van der Waals surface area contributed by atoms with Crippen molar-refractivity contribution in [1.82, 2.24) is 4.90 Å². The van der Waals surface area contributed by atoms with Crippen molar-refractivity contribution in [2.24, 2.45) is 0 Å². The average Bonchev–Trinajstić information content (AvgIpc) is 3.08. The lowest BCUT2D eigenvalue weighted by molar-refractivity contribution is -0.137. The van der Waals surface area contributed by atoms with E-state index < -0.39 is 17.6 Å². The Kier molecular flexibility index (Phi) is 5.55. The molecule has 0 bridgehead atoms. The van der Waals surface area contributed by atoms with E-state index in [1.54, 1.807) is 6.07 Å². The molecule has 0 fully saturated rings. The Morgan fingerprint density at radius 1 is 1.15 bits per heavy atom. The summed E-state index contributed by atoms with van der Waals surface area (Å²) in [6.07, 6.45) is -4.53. The molecule has 2 aromatic carbocycles. The Balaban J connectivity index is 1.64. The van der Waals surface area contributed by atoms with E-state index in [0.29, 0.717) is 24.6 Å². The number of alkyl halides is 3. The van der Waals surface area contributed by atoms with Crippen molar-refractivity contribution >= 4 is 11.6 Å². The van der Waals surface area contributed by atoms with Crippen LogP contribution in [0.2, 0.25) is 0 Å². The van der Waals surface area contributed by atoms with E-state index in [1.165, 1.54) is 18.2 Å². The van der Waals surface area contributed by atoms with Gasteiger partial charge >= 0.3 is 6.18 Å². The predicted molar refractivity (Wildman–Crippen MR) is 93.6 cm³/mol. The number of carbonyl (C=O) groups is 1. The third-order valence-electron chi connectivity index (χ3n) is 4.16. The fourth-order valence-corrected chi connectivity index (χ4v) is 2.81. The zero-order valence-corrected chi connectivity index (χ0v) is 14.7. The van der Waals surface area contributed by atoms with Crippen LogP contribution in [0.25, 0.3) is 0 Å². The normalized spacial score (nSPS) is 13.1. The summed E-state index contributed by atoms with van der Waals surface area (Å²) in [6, 6.07) is 10.4. The summed E-state index contributed by atoms with van der Waals surface area (Å²) in [5, 5.41) is 2.36. The van der Waals surface area contributed by atoms with Crippen molar-refractivity contribution in [1.29, 1.82) is 0 Å². The van der Waals surface area contributed by atoms with E-state index in [2.05, 4.69) is 5.32 Å². The second-order valence-electron chi connectivity index (χ2n) is 6.08. The van der Waals surface area contributed by atoms with Crippen LogP contribution in [0, 0.1) is 0 Å². The van der Waals surface area contributed by atoms with Gasteiger partial charge in [0.05, 0.1) is 17.8 Å². The van der Waals surface area contributed by atoms with Crippen molar-refractivity contribution in [3.8, 4) is 11.5 Å². The number of hydrogen-bond donors (Lipinski definition) is 1. The molecule has 0 unspecified atom stereocenters. The molecule has 0 aromatic heterocycles. The van der Waals surface area contributed by atoms with E-state index in [1.807, 2.05) is 24.0 Å². The smallest absolute Gasteiger partial charge is 0.418 e. The van der Waals surface area contributed by atoms with Crippen LogP contribution in [0.3, 0.4) is 0 Å². The fourth-order valence-electron chi connectivity index (χ4n) is 2.81. The molecule has 0 atom stereocenters. The monoisotopic (exact) mass is 380 g/mol. The van der Waals surface area contributed by atoms with Gasteiger partial charge in [0.1, 0.15) is 0 Å². The van der Waals surface area contributed by atoms with Crippen LogP contribution in [-0.2, 0) is 17.5 Å². The highest BCUT2D eigenvalue weighted by Gasteiger charge is 2.33. The van der Waals surface area contributed by atoms with Gasteiger partial charge in [0.2, 0.25) is 12.7 Å². The maximum atomic E-state index is 13.0. The van der Waals surface area contributed by atoms with Crippen molar-refractivity contribution in [2.75, 3.05) is 25.2 Å². The largest absolute Gasteiger partial charge is 0.454 e. The van der Waals surface area contributed by atoms with Gasteiger partial charge in [-0.25, -0.2) is 0 Å². The summed E-state index contributed by atoms with van der Waals surface area (Å²) in [6.45, 7) is 3.04. The van der Waals surface area contributed by atoms with Crippen molar-refractivity contribution in [3.63, 3.8) is 0 Å². The van der Waals surface area contributed by atoms with Gasteiger partial charge in [0.15, 0.2) is 11.5 Å². The predicted octanol–water partition coefficient (Wildman–Crippen LogP) is 3.89. The minimum atomic E-state index is -4.53. The number of halogens is 3. The number of nitrogens with zero attached hydrogens (tertiary/aromatic N) is 1. The number of fused-ring (bicyclic) bond motifs is 1. The number of rotatable bonds is 6. The number of nitrogens with one attached hydrogen (secondary N) is 1. The summed E-state index contributed by atoms with van der Waals surface area (Å²) >= 11 is 0. The van der Waals surface area contributed by atoms with E-state index in [9.17, 15) is 18.0 Å². The molecule has 27 heavy (non-hydrogen) atoms. The lowest BCUT2D eigenvalue weighted by Crippen LogP contribution is -2.33. The maximum Gasteiger partial charge on any atom is 0.418 e. The zero-order chi connectivity index (χ0) is 19.4. The minimum absolute atomic E-state index is 0.0306. The first-order valence-electron chi connectivity index (χ1n) is 8.43. The van der Waals surface area contributed by atoms with E-state index in [-0.39, 0.29) is 19.0 Å². The first-order valence-corrected chi connectivity index (χ1v) is 8.43. The number of ether oxygens (including phenoxy) is 2. The SMILES string of the molecule is CCN(CC(=O)Nc1ccccc1C(F)(F)F)Cc1ccc2c(c1)OCO2. The van der Waals surface area contributed by atoms with Crippen LogP contribution in [0.5, 0.6) is 11.5 Å². The molecule has 0 radical (unpaired) electrons. The summed E-state index contributed by atoms with van der Waals surface area (Å²) in [5.74, 6) is 0.810. The topological polar surface area (TPSA) is 50.8 Å². The number of benzene rings is 2. The highest BCUT2D eigenvalue weighted by Crippen LogP contribution is 2.35. The van der Waals surface area contributed by atoms with Gasteiger partial charge in [-0.3, -0.25) is 9.69 Å². The Labute approximate surface area is 154 Å². The number of hydrogen-bond acceptors (Lipinski definition) is 4. The van der Waals surface area contributed by atoms with Gasteiger partial charge < -0.3 is 14.8 Å². The highest BCUT2D eigenvalue weighted by molar-refractivity contribution is 5.93. The Morgan fingerprint density at radius 3 is 2.63 bits per heavy atom. The van der Waals surface area contributed by atoms with Gasteiger partial charge in [-0.1, -0.05) is 25.1 Å². The molecule has 144 valence electrons. The lowest BCUT2D eigenvalue weighted by Gasteiger charge is -2.21. The number of amides is 1. The van der Waals surface area contributed by atoms with Gasteiger partial charge in [-0.2, -0.15) is 13.2 Å². The quantitative estimate of drug-likeness (QED) is 0.826. The van der Waals surface area contributed by atoms with Crippen LogP contribution in [0.1, 0.15) is 18.1 Å². The Hall–Kier alpha value is -2.74. The molecule has 0 aliphatic carbocycles. The number of carbonyl (C=O) groups excluding carboxylic acids is 1. The Morgan fingerprint density at radius 2 is 1.89 bits per heavy atom. The standard InChI is InChI=1S/C19H19F3N2O3/c1-2-24(10-13-7-8-16-17(9-13)27-12-26-16)11-18(25)23-15-6-4-3-5-14(15)19(20,21)22/h3-9H,2,10-12H2,1H3,(H,23,25). The first kappa shape index (κ1) is 19.0. The number of anilines is 1. The molecule has 1 aliphatic rings. The molecular weight excluding hydrogens is 361 g/mol. The molecule has 8 heteroatoms. The van der Waals surface area contributed by atoms with Gasteiger partial charge in [0.25, 0.3) is 0 Å². The van der Waals surface area contributed by atoms with E-state index in [0.717, 1.165) is 11.6 Å². The Bertz CT molecular complexity index is 824. The second kappa shape index (κ2) is 7.87. The number of likely N-dealkylation sites (N-methyl/N-ethyl adjacent to an activating group) is 1. The molecule has 1 amide bonds. The van der Waals surface area contributed by atoms with Gasteiger partial charge in [-0.15, -0.1) is 0 Å². The van der Waals surface area contributed by atoms with Crippen molar-refractivity contribution in [2.45, 2.75) is 19.6 Å². The molecule has 1 N–H and O–H groups in total. The lowest BCUT2D eigenvalue weighted by atomic mass is 10.1. The average molecular weight is 380 g/mol. The van der Waals surface area contributed by atoms with Crippen LogP contribution in [0.4, 0.5) is 18.9 Å². The molecular formula is C19H19F3N2O3. The van der Waals surface area contributed by atoms with E-state index >= 15 is 0 Å². The molecule has 3 rings (SSSR count). The van der Waals surface area contributed by atoms with Crippen LogP contribution < -0.4 is 14.8 Å². The summed E-state index contributed by atoms with van der Waals surface area (Å²) in [5.41, 5.74) is -0.184. The zero-order valence-electron chi connectivity index (χ0n) is 14.7. The molecule has 0 saturated carbocycles. The minimum Gasteiger partial charge on any atom is -0.454 e. The number of para-hydroxylation sites is 1. The summed E-state index contributed by atoms with van der Waals surface area (Å²) in [4.78, 5) is 14.1. The molecule has 2 aromatic rings. The summed E-state index contributed by atoms with van der Waals surface area (Å²) < 4.78 is 49.7. The van der Waals surface area contributed by atoms with Crippen LogP contribution in [0.15, 0.2) is 42.5 Å². The van der Waals surface area contributed by atoms with Gasteiger partial charge in [-0.05, 0) is 36.4 Å². The molecule has 0 spiro atoms. The van der Waals surface area contributed by atoms with E-state index in [4.69, 9.17) is 9.47 Å². The summed E-state index contributed by atoms with van der Waals surface area (Å²) in [7, 11) is 0.